The molecule has 9 aromatic carbocycles. The third kappa shape index (κ3) is 4.95. The standard InChI is InChI=1S/C53H35NS/c1-3-13-36(14-4-1)37-23-29-42(30-24-37)54(41-16-5-2-6-17-41)43-31-25-38(26-32-43)40-28-33-50-49(35-40)53(52-44-18-8-7-15-39(44)27-34-51(52)55-50)47-21-11-9-19-45(47)46-20-10-12-22-48(46)53/h1-35H. The third-order valence-corrected chi connectivity index (χ3v) is 12.7. The van der Waals surface area contributed by atoms with E-state index in [2.05, 4.69) is 217 Å². The van der Waals surface area contributed by atoms with Gasteiger partial charge in [0.1, 0.15) is 0 Å². The van der Waals surface area contributed by atoms with Crippen molar-refractivity contribution in [2.45, 2.75) is 15.2 Å². The molecule has 0 saturated heterocycles. The molecule has 11 rings (SSSR count). The highest BCUT2D eigenvalue weighted by Crippen LogP contribution is 2.63. The zero-order valence-electron chi connectivity index (χ0n) is 30.1. The average molecular weight is 718 g/mol. The summed E-state index contributed by atoms with van der Waals surface area (Å²) in [7, 11) is 0. The fourth-order valence-electron chi connectivity index (χ4n) is 9.12. The second-order valence-corrected chi connectivity index (χ2v) is 15.5. The number of para-hydroxylation sites is 1. The molecule has 1 aliphatic heterocycles. The van der Waals surface area contributed by atoms with E-state index in [1.54, 1.807) is 0 Å². The van der Waals surface area contributed by atoms with Crippen LogP contribution < -0.4 is 4.90 Å². The van der Waals surface area contributed by atoms with Gasteiger partial charge in [-0.25, -0.2) is 0 Å². The summed E-state index contributed by atoms with van der Waals surface area (Å²) >= 11 is 1.91. The molecule has 1 nitrogen and oxygen atoms in total. The van der Waals surface area contributed by atoms with Crippen LogP contribution in [0.25, 0.3) is 44.2 Å². The smallest absolute Gasteiger partial charge is 0.0741 e. The van der Waals surface area contributed by atoms with Gasteiger partial charge in [-0.1, -0.05) is 169 Å². The van der Waals surface area contributed by atoms with Crippen molar-refractivity contribution in [1.29, 1.82) is 0 Å². The van der Waals surface area contributed by atoms with Crippen LogP contribution in [-0.4, -0.2) is 0 Å². The Morgan fingerprint density at radius 1 is 0.345 bits per heavy atom. The first kappa shape index (κ1) is 31.9. The highest BCUT2D eigenvalue weighted by molar-refractivity contribution is 7.99. The van der Waals surface area contributed by atoms with E-state index in [4.69, 9.17) is 0 Å². The summed E-state index contributed by atoms with van der Waals surface area (Å²) in [6.45, 7) is 0. The Labute approximate surface area is 326 Å². The Bertz CT molecular complexity index is 2830. The molecule has 1 heterocycles. The Balaban J connectivity index is 1.06. The zero-order chi connectivity index (χ0) is 36.3. The lowest BCUT2D eigenvalue weighted by molar-refractivity contribution is 0.731. The van der Waals surface area contributed by atoms with E-state index in [-0.39, 0.29) is 0 Å². The fraction of sp³-hybridized carbons (Fsp3) is 0.0189. The monoisotopic (exact) mass is 717 g/mol. The number of benzene rings is 9. The molecule has 9 aromatic rings. The van der Waals surface area contributed by atoms with Crippen molar-refractivity contribution in [3.63, 3.8) is 0 Å². The molecule has 0 fully saturated rings. The zero-order valence-corrected chi connectivity index (χ0v) is 30.9. The quantitative estimate of drug-likeness (QED) is 0.174. The molecule has 1 aliphatic carbocycles. The van der Waals surface area contributed by atoms with Crippen LogP contribution in [0.3, 0.4) is 0 Å². The molecule has 1 spiro atoms. The molecule has 0 unspecified atom stereocenters. The summed E-state index contributed by atoms with van der Waals surface area (Å²) in [4.78, 5) is 4.97. The molecule has 0 aromatic heterocycles. The Hall–Kier alpha value is -6.61. The van der Waals surface area contributed by atoms with Crippen molar-refractivity contribution in [2.24, 2.45) is 0 Å². The summed E-state index contributed by atoms with van der Waals surface area (Å²) in [5.41, 5.74) is 15.9. The van der Waals surface area contributed by atoms with Gasteiger partial charge in [0.05, 0.1) is 5.41 Å². The van der Waals surface area contributed by atoms with Gasteiger partial charge in [-0.15, -0.1) is 0 Å². The van der Waals surface area contributed by atoms with E-state index in [1.165, 1.54) is 76.2 Å². The first-order chi connectivity index (χ1) is 27.3. The molecule has 55 heavy (non-hydrogen) atoms. The molecule has 0 amide bonds. The molecular weight excluding hydrogens is 683 g/mol. The molecule has 258 valence electrons. The highest BCUT2D eigenvalue weighted by Gasteiger charge is 2.51. The van der Waals surface area contributed by atoms with Gasteiger partial charge in [0.2, 0.25) is 0 Å². The number of anilines is 3. The summed E-state index contributed by atoms with van der Waals surface area (Å²) in [6, 6.07) is 78.1. The SMILES string of the molecule is c1ccc(-c2ccc(N(c3ccccc3)c3ccc(-c4ccc5c(c4)C4(c6ccccc6-c6ccccc64)c4c(ccc6ccccc46)S5)cc3)cc2)cc1. The van der Waals surface area contributed by atoms with E-state index in [0.29, 0.717) is 0 Å². The number of hydrogen-bond acceptors (Lipinski definition) is 2. The fourth-order valence-corrected chi connectivity index (χ4v) is 10.3. The number of hydrogen-bond donors (Lipinski definition) is 0. The third-order valence-electron chi connectivity index (χ3n) is 11.5. The number of rotatable bonds is 5. The Morgan fingerprint density at radius 2 is 0.836 bits per heavy atom. The van der Waals surface area contributed by atoms with Gasteiger partial charge in [0.15, 0.2) is 0 Å². The molecule has 0 N–H and O–H groups in total. The molecule has 0 atom stereocenters. The van der Waals surface area contributed by atoms with Crippen molar-refractivity contribution in [1.82, 2.24) is 0 Å². The van der Waals surface area contributed by atoms with Crippen molar-refractivity contribution < 1.29 is 0 Å². The van der Waals surface area contributed by atoms with Crippen LogP contribution in [0.2, 0.25) is 0 Å². The molecule has 2 heteroatoms. The van der Waals surface area contributed by atoms with Crippen LogP contribution in [0.5, 0.6) is 0 Å². The van der Waals surface area contributed by atoms with Crippen molar-refractivity contribution >= 4 is 39.6 Å². The minimum absolute atomic E-state index is 0.448. The molecular formula is C53H35NS. The normalized spacial score (nSPS) is 13.2. The van der Waals surface area contributed by atoms with Crippen molar-refractivity contribution in [2.75, 3.05) is 4.90 Å². The maximum Gasteiger partial charge on any atom is 0.0741 e. The van der Waals surface area contributed by atoms with Gasteiger partial charge < -0.3 is 4.90 Å². The predicted molar refractivity (Wildman–Crippen MR) is 231 cm³/mol. The van der Waals surface area contributed by atoms with Gasteiger partial charge in [-0.2, -0.15) is 0 Å². The number of nitrogens with zero attached hydrogens (tertiary/aromatic N) is 1. The molecule has 0 saturated carbocycles. The highest BCUT2D eigenvalue weighted by atomic mass is 32.2. The molecule has 0 bridgehead atoms. The van der Waals surface area contributed by atoms with Gasteiger partial charge in [0.25, 0.3) is 0 Å². The largest absolute Gasteiger partial charge is 0.311 e. The van der Waals surface area contributed by atoms with Gasteiger partial charge in [0, 0.05) is 26.9 Å². The molecule has 0 radical (unpaired) electrons. The lowest BCUT2D eigenvalue weighted by Crippen LogP contribution is -2.32. The summed E-state index contributed by atoms with van der Waals surface area (Å²) < 4.78 is 0. The Kier molecular flexibility index (Phi) is 7.40. The Morgan fingerprint density at radius 3 is 1.51 bits per heavy atom. The predicted octanol–water partition coefficient (Wildman–Crippen LogP) is 14.5. The second kappa shape index (κ2) is 12.8. The van der Waals surface area contributed by atoms with Crippen LogP contribution >= 0.6 is 11.8 Å². The maximum absolute atomic E-state index is 2.48. The van der Waals surface area contributed by atoms with Gasteiger partial charge in [-0.05, 0) is 121 Å². The van der Waals surface area contributed by atoms with Crippen LogP contribution in [-0.2, 0) is 5.41 Å². The van der Waals surface area contributed by atoms with Crippen LogP contribution in [0.15, 0.2) is 222 Å². The first-order valence-corrected chi connectivity index (χ1v) is 19.7. The van der Waals surface area contributed by atoms with E-state index < -0.39 is 5.41 Å². The lowest BCUT2D eigenvalue weighted by atomic mass is 9.66. The summed E-state index contributed by atoms with van der Waals surface area (Å²) in [6.07, 6.45) is 0. The van der Waals surface area contributed by atoms with E-state index >= 15 is 0 Å². The topological polar surface area (TPSA) is 3.24 Å². The number of fused-ring (bicyclic) bond motifs is 11. The van der Waals surface area contributed by atoms with Gasteiger partial charge in [-0.3, -0.25) is 0 Å². The van der Waals surface area contributed by atoms with Crippen LogP contribution in [0.4, 0.5) is 17.1 Å². The lowest BCUT2D eigenvalue weighted by Gasteiger charge is -2.40. The minimum atomic E-state index is -0.448. The molecule has 2 aliphatic rings. The van der Waals surface area contributed by atoms with Crippen LogP contribution in [0.1, 0.15) is 22.3 Å². The minimum Gasteiger partial charge on any atom is -0.311 e. The average Bonchev–Trinajstić information content (AvgIpc) is 3.55. The summed E-state index contributed by atoms with van der Waals surface area (Å²) in [5.74, 6) is 0. The summed E-state index contributed by atoms with van der Waals surface area (Å²) in [5, 5.41) is 2.59. The second-order valence-electron chi connectivity index (χ2n) is 14.4. The maximum atomic E-state index is 2.48. The van der Waals surface area contributed by atoms with Crippen molar-refractivity contribution in [3.05, 3.63) is 235 Å². The van der Waals surface area contributed by atoms with E-state index in [9.17, 15) is 0 Å². The van der Waals surface area contributed by atoms with E-state index in [0.717, 1.165) is 17.1 Å². The first-order valence-electron chi connectivity index (χ1n) is 18.9. The van der Waals surface area contributed by atoms with E-state index in [1.807, 2.05) is 11.8 Å². The van der Waals surface area contributed by atoms with Crippen molar-refractivity contribution in [3.8, 4) is 33.4 Å². The van der Waals surface area contributed by atoms with Crippen LogP contribution in [0, 0.1) is 0 Å². The van der Waals surface area contributed by atoms with Gasteiger partial charge >= 0.3 is 0 Å².